The van der Waals surface area contributed by atoms with Crippen LogP contribution in [-0.4, -0.2) is 28.9 Å². The number of H-pyrrole nitrogens is 1. The third-order valence-corrected chi connectivity index (χ3v) is 5.07. The molecule has 3 heterocycles. The molecular weight excluding hydrogens is 342 g/mol. The number of hydrogen-bond donors (Lipinski definition) is 1. The summed E-state index contributed by atoms with van der Waals surface area (Å²) in [4.78, 5) is 4.70. The second-order valence-electron chi connectivity index (χ2n) is 6.83. The molecule has 0 spiro atoms. The molecule has 1 atom stereocenters. The molecule has 0 saturated heterocycles. The van der Waals surface area contributed by atoms with Gasteiger partial charge in [-0.15, -0.1) is 0 Å². The fraction of sp³-hybridized carbons (Fsp3) is 0.238. The van der Waals surface area contributed by atoms with Crippen molar-refractivity contribution in [3.8, 4) is 22.6 Å². The zero-order chi connectivity index (χ0) is 18.4. The summed E-state index contributed by atoms with van der Waals surface area (Å²) in [5.41, 5.74) is 5.90. The predicted molar refractivity (Wildman–Crippen MR) is 101 cm³/mol. The number of oxazole rings is 1. The van der Waals surface area contributed by atoms with Crippen LogP contribution in [0.1, 0.15) is 23.1 Å². The zero-order valence-electron chi connectivity index (χ0n) is 15.2. The topological polar surface area (TPSA) is 73.2 Å². The zero-order valence-corrected chi connectivity index (χ0v) is 15.2. The lowest BCUT2D eigenvalue weighted by atomic mass is 9.96. The minimum atomic E-state index is 0.0797. The largest absolute Gasteiger partial charge is 0.497 e. The van der Waals surface area contributed by atoms with Crippen molar-refractivity contribution in [2.75, 3.05) is 13.7 Å². The van der Waals surface area contributed by atoms with Gasteiger partial charge in [0.05, 0.1) is 19.2 Å². The van der Waals surface area contributed by atoms with E-state index in [2.05, 4.69) is 10.2 Å². The highest BCUT2D eigenvalue weighted by molar-refractivity contribution is 5.80. The van der Waals surface area contributed by atoms with Crippen LogP contribution >= 0.6 is 0 Å². The van der Waals surface area contributed by atoms with E-state index < -0.39 is 0 Å². The van der Waals surface area contributed by atoms with E-state index in [1.807, 2.05) is 49.5 Å². The highest BCUT2D eigenvalue weighted by atomic mass is 16.5. The molecule has 2 aromatic carbocycles. The highest BCUT2D eigenvalue weighted by Gasteiger charge is 2.26. The Morgan fingerprint density at radius 1 is 1.19 bits per heavy atom. The first-order chi connectivity index (χ1) is 13.2. The lowest BCUT2D eigenvalue weighted by Crippen LogP contribution is -2.19. The van der Waals surface area contributed by atoms with Gasteiger partial charge in [-0.3, -0.25) is 5.10 Å². The number of rotatable bonds is 3. The Hall–Kier alpha value is -3.28. The maximum Gasteiger partial charge on any atom is 0.202 e. The van der Waals surface area contributed by atoms with Crippen LogP contribution in [-0.2, 0) is 6.42 Å². The summed E-state index contributed by atoms with van der Waals surface area (Å²) in [7, 11) is 1.67. The van der Waals surface area contributed by atoms with Crippen molar-refractivity contribution in [1.29, 1.82) is 0 Å². The smallest absolute Gasteiger partial charge is 0.202 e. The SMILES string of the molecule is COc1ccc2c(c1)C[C@H](c1nc3ccc(-c4cn[nH]c4C)cc3o1)CO2. The minimum absolute atomic E-state index is 0.0797. The maximum atomic E-state index is 6.10. The van der Waals surface area contributed by atoms with E-state index in [1.54, 1.807) is 7.11 Å². The Bertz CT molecular complexity index is 1130. The normalized spacial score (nSPS) is 16.1. The van der Waals surface area contributed by atoms with Crippen LogP contribution in [0.25, 0.3) is 22.2 Å². The van der Waals surface area contributed by atoms with Gasteiger partial charge in [-0.1, -0.05) is 6.07 Å². The fourth-order valence-electron chi connectivity index (χ4n) is 3.58. The number of methoxy groups -OCH3 is 1. The molecule has 1 aliphatic heterocycles. The molecule has 6 nitrogen and oxygen atoms in total. The minimum Gasteiger partial charge on any atom is -0.497 e. The van der Waals surface area contributed by atoms with E-state index in [0.29, 0.717) is 12.5 Å². The molecular formula is C21H19N3O3. The molecule has 136 valence electrons. The Kier molecular flexibility index (Phi) is 3.63. The molecule has 0 fully saturated rings. The molecule has 1 N–H and O–H groups in total. The average Bonchev–Trinajstić information content (AvgIpc) is 3.32. The van der Waals surface area contributed by atoms with E-state index in [0.717, 1.165) is 51.4 Å². The van der Waals surface area contributed by atoms with Crippen LogP contribution in [0.15, 0.2) is 47.0 Å². The Balaban J connectivity index is 1.48. The third kappa shape index (κ3) is 2.73. The number of aromatic nitrogens is 3. The number of aryl methyl sites for hydroxylation is 1. The summed E-state index contributed by atoms with van der Waals surface area (Å²) in [6, 6.07) is 11.9. The first-order valence-electron chi connectivity index (χ1n) is 8.92. The van der Waals surface area contributed by atoms with Gasteiger partial charge in [-0.2, -0.15) is 5.10 Å². The van der Waals surface area contributed by atoms with E-state index >= 15 is 0 Å². The fourth-order valence-corrected chi connectivity index (χ4v) is 3.58. The molecule has 0 amide bonds. The van der Waals surface area contributed by atoms with Crippen LogP contribution < -0.4 is 9.47 Å². The number of ether oxygens (including phenoxy) is 2. The second kappa shape index (κ2) is 6.16. The number of aromatic amines is 1. The number of benzene rings is 2. The van der Waals surface area contributed by atoms with Crippen LogP contribution in [0, 0.1) is 6.92 Å². The lowest BCUT2D eigenvalue weighted by molar-refractivity contribution is 0.243. The van der Waals surface area contributed by atoms with Crippen LogP contribution in [0.2, 0.25) is 0 Å². The maximum absolute atomic E-state index is 6.10. The van der Waals surface area contributed by atoms with Gasteiger partial charge in [0.25, 0.3) is 0 Å². The lowest BCUT2D eigenvalue weighted by Gasteiger charge is -2.23. The van der Waals surface area contributed by atoms with Crippen LogP contribution in [0.4, 0.5) is 0 Å². The molecule has 5 rings (SSSR count). The highest BCUT2D eigenvalue weighted by Crippen LogP contribution is 2.36. The molecule has 4 aromatic rings. The summed E-state index contributed by atoms with van der Waals surface area (Å²) in [6.45, 7) is 2.56. The average molecular weight is 361 g/mol. The summed E-state index contributed by atoms with van der Waals surface area (Å²) < 4.78 is 17.3. The molecule has 27 heavy (non-hydrogen) atoms. The van der Waals surface area contributed by atoms with Gasteiger partial charge in [0.1, 0.15) is 23.6 Å². The van der Waals surface area contributed by atoms with Gasteiger partial charge in [-0.05, 0) is 54.8 Å². The molecule has 0 radical (unpaired) electrons. The van der Waals surface area contributed by atoms with Gasteiger partial charge in [0.15, 0.2) is 5.58 Å². The van der Waals surface area contributed by atoms with Crippen LogP contribution in [0.5, 0.6) is 11.5 Å². The molecule has 0 unspecified atom stereocenters. The van der Waals surface area contributed by atoms with E-state index in [-0.39, 0.29) is 5.92 Å². The molecule has 1 aliphatic rings. The summed E-state index contributed by atoms with van der Waals surface area (Å²) in [5, 5.41) is 7.06. The van der Waals surface area contributed by atoms with Crippen LogP contribution in [0.3, 0.4) is 0 Å². The molecule has 6 heteroatoms. The molecule has 0 saturated carbocycles. The molecule has 2 aromatic heterocycles. The van der Waals surface area contributed by atoms with E-state index in [9.17, 15) is 0 Å². The van der Waals surface area contributed by atoms with Crippen molar-refractivity contribution < 1.29 is 13.9 Å². The predicted octanol–water partition coefficient (Wildman–Crippen LogP) is 4.25. The van der Waals surface area contributed by atoms with Crippen molar-refractivity contribution >= 4 is 11.1 Å². The quantitative estimate of drug-likeness (QED) is 0.590. The number of nitrogens with zero attached hydrogens (tertiary/aromatic N) is 2. The van der Waals surface area contributed by atoms with E-state index in [1.165, 1.54) is 0 Å². The Labute approximate surface area is 156 Å². The summed E-state index contributed by atoms with van der Waals surface area (Å²) in [5.74, 6) is 2.52. The van der Waals surface area contributed by atoms with Gasteiger partial charge >= 0.3 is 0 Å². The third-order valence-electron chi connectivity index (χ3n) is 5.07. The molecule has 0 aliphatic carbocycles. The van der Waals surface area contributed by atoms with Crippen molar-refractivity contribution in [2.45, 2.75) is 19.3 Å². The van der Waals surface area contributed by atoms with Gasteiger partial charge in [-0.25, -0.2) is 4.98 Å². The summed E-state index contributed by atoms with van der Waals surface area (Å²) >= 11 is 0. The number of hydrogen-bond acceptors (Lipinski definition) is 5. The van der Waals surface area contributed by atoms with Crippen molar-refractivity contribution in [3.63, 3.8) is 0 Å². The van der Waals surface area contributed by atoms with Gasteiger partial charge in [0.2, 0.25) is 5.89 Å². The van der Waals surface area contributed by atoms with Gasteiger partial charge < -0.3 is 13.9 Å². The Morgan fingerprint density at radius 3 is 2.93 bits per heavy atom. The summed E-state index contributed by atoms with van der Waals surface area (Å²) in [6.07, 6.45) is 2.64. The standard InChI is InChI=1S/C21H19N3O3/c1-12-17(10-22-24-12)13-3-5-18-20(9-13)27-21(23-18)15-7-14-8-16(25-2)4-6-19(14)26-11-15/h3-6,8-10,15H,7,11H2,1-2H3,(H,22,24)/t15-/m0/s1. The number of fused-ring (bicyclic) bond motifs is 2. The van der Waals surface area contributed by atoms with Crippen molar-refractivity contribution in [1.82, 2.24) is 15.2 Å². The van der Waals surface area contributed by atoms with Crippen molar-refractivity contribution in [3.05, 3.63) is 59.7 Å². The van der Waals surface area contributed by atoms with Gasteiger partial charge in [0, 0.05) is 11.3 Å². The van der Waals surface area contributed by atoms with E-state index in [4.69, 9.17) is 18.9 Å². The van der Waals surface area contributed by atoms with Crippen molar-refractivity contribution in [2.24, 2.45) is 0 Å². The molecule has 0 bridgehead atoms. The second-order valence-corrected chi connectivity index (χ2v) is 6.83. The Morgan fingerprint density at radius 2 is 2.11 bits per heavy atom. The first kappa shape index (κ1) is 15.9. The number of nitrogens with one attached hydrogen (secondary N) is 1. The first-order valence-corrected chi connectivity index (χ1v) is 8.92. The monoisotopic (exact) mass is 361 g/mol.